The van der Waals surface area contributed by atoms with Gasteiger partial charge in [-0.1, -0.05) is 23.7 Å². The van der Waals surface area contributed by atoms with E-state index in [1.807, 2.05) is 0 Å². The van der Waals surface area contributed by atoms with Crippen LogP contribution in [0.3, 0.4) is 0 Å². The van der Waals surface area contributed by atoms with E-state index in [0.717, 1.165) is 4.57 Å². The van der Waals surface area contributed by atoms with Gasteiger partial charge >= 0.3 is 5.69 Å². The minimum atomic E-state index is -0.545. The van der Waals surface area contributed by atoms with Crippen LogP contribution in [0.4, 0.5) is 5.82 Å². The smallest absolute Gasteiger partial charge is 0.311 e. The molecule has 1 amide bonds. The Hall–Kier alpha value is -2.93. The Morgan fingerprint density at radius 3 is 2.75 bits per heavy atom. The summed E-state index contributed by atoms with van der Waals surface area (Å²) < 4.78 is 1.01. The molecule has 2 N–H and O–H groups in total. The van der Waals surface area contributed by atoms with Gasteiger partial charge < -0.3 is 10.3 Å². The molecule has 0 unspecified atom stereocenters. The summed E-state index contributed by atoms with van der Waals surface area (Å²) in [5.74, 6) is -0.00607. The second-order valence-electron chi connectivity index (χ2n) is 5.09. The van der Waals surface area contributed by atoms with Crippen molar-refractivity contribution in [1.82, 2.24) is 14.5 Å². The Kier molecular flexibility index (Phi) is 4.43. The quantitative estimate of drug-likeness (QED) is 0.753. The molecule has 0 aliphatic rings. The van der Waals surface area contributed by atoms with Gasteiger partial charge in [-0.25, -0.2) is 9.78 Å². The average molecular weight is 345 g/mol. The average Bonchev–Trinajstić information content (AvgIpc) is 2.57. The molecular formula is C16H13ClN4O3. The first-order valence-electron chi connectivity index (χ1n) is 7.18. The summed E-state index contributed by atoms with van der Waals surface area (Å²) in [7, 11) is 0. The van der Waals surface area contributed by atoms with Gasteiger partial charge in [0.2, 0.25) is 5.91 Å². The highest BCUT2D eigenvalue weighted by Crippen LogP contribution is 2.09. The van der Waals surface area contributed by atoms with E-state index in [4.69, 9.17) is 11.6 Å². The van der Waals surface area contributed by atoms with E-state index < -0.39 is 11.2 Å². The Morgan fingerprint density at radius 1 is 1.21 bits per heavy atom. The van der Waals surface area contributed by atoms with E-state index in [2.05, 4.69) is 15.3 Å². The van der Waals surface area contributed by atoms with Crippen molar-refractivity contribution in [1.29, 1.82) is 0 Å². The molecule has 0 saturated carbocycles. The number of nitrogens with zero attached hydrogens (tertiary/aromatic N) is 2. The topological polar surface area (TPSA) is 96.9 Å². The van der Waals surface area contributed by atoms with Gasteiger partial charge in [-0.15, -0.1) is 0 Å². The van der Waals surface area contributed by atoms with Gasteiger partial charge in [0.15, 0.2) is 0 Å². The zero-order valence-electron chi connectivity index (χ0n) is 12.5. The molecule has 3 rings (SSSR count). The van der Waals surface area contributed by atoms with Crippen LogP contribution in [0.5, 0.6) is 0 Å². The van der Waals surface area contributed by atoms with Crippen LogP contribution < -0.4 is 16.6 Å². The molecule has 0 aliphatic carbocycles. The fourth-order valence-electron chi connectivity index (χ4n) is 2.27. The third-order valence-electron chi connectivity index (χ3n) is 3.45. The predicted octanol–water partition coefficient (Wildman–Crippen LogP) is 1.77. The normalized spacial score (nSPS) is 10.7. The molecule has 7 nitrogen and oxygen atoms in total. The number of H-pyrrole nitrogens is 1. The number of pyridine rings is 1. The van der Waals surface area contributed by atoms with Crippen molar-refractivity contribution < 1.29 is 4.79 Å². The molecule has 8 heteroatoms. The number of carbonyl (C=O) groups is 1. The molecule has 2 aromatic heterocycles. The Morgan fingerprint density at radius 2 is 2.00 bits per heavy atom. The number of hydrogen-bond donors (Lipinski definition) is 2. The van der Waals surface area contributed by atoms with Crippen LogP contribution in [0, 0.1) is 0 Å². The molecule has 0 saturated heterocycles. The maximum atomic E-state index is 12.3. The molecule has 3 aromatic rings. The SMILES string of the molecule is O=C(CCn1c(=O)[nH]c2ccccc2c1=O)Nc1ccc(Cl)cn1. The van der Waals surface area contributed by atoms with Crippen LogP contribution in [0.1, 0.15) is 6.42 Å². The van der Waals surface area contributed by atoms with Gasteiger partial charge in [0.05, 0.1) is 15.9 Å². The standard InChI is InChI=1S/C16H13ClN4O3/c17-10-5-6-13(18-9-10)20-14(22)7-8-21-15(23)11-3-1-2-4-12(11)19-16(21)24/h1-6,9H,7-8H2,(H,19,24)(H,18,20,22). The lowest BCUT2D eigenvalue weighted by molar-refractivity contribution is -0.116. The van der Waals surface area contributed by atoms with Gasteiger partial charge in [0.25, 0.3) is 5.56 Å². The van der Waals surface area contributed by atoms with Gasteiger partial charge in [0, 0.05) is 19.2 Å². The second-order valence-corrected chi connectivity index (χ2v) is 5.53. The third kappa shape index (κ3) is 3.36. The fraction of sp³-hybridized carbons (Fsp3) is 0.125. The lowest BCUT2D eigenvalue weighted by Gasteiger charge is -2.07. The maximum Gasteiger partial charge on any atom is 0.328 e. The number of benzene rings is 1. The first kappa shape index (κ1) is 15.9. The predicted molar refractivity (Wildman–Crippen MR) is 91.3 cm³/mol. The minimum Gasteiger partial charge on any atom is -0.311 e. The number of hydrogen-bond acceptors (Lipinski definition) is 4. The molecule has 24 heavy (non-hydrogen) atoms. The van der Waals surface area contributed by atoms with E-state index in [1.54, 1.807) is 36.4 Å². The summed E-state index contributed by atoms with van der Waals surface area (Å²) >= 11 is 5.72. The lowest BCUT2D eigenvalue weighted by atomic mass is 10.2. The van der Waals surface area contributed by atoms with E-state index in [1.165, 1.54) is 6.20 Å². The highest BCUT2D eigenvalue weighted by Gasteiger charge is 2.10. The number of rotatable bonds is 4. The van der Waals surface area contributed by atoms with Gasteiger partial charge in [-0.2, -0.15) is 0 Å². The third-order valence-corrected chi connectivity index (χ3v) is 3.67. The van der Waals surface area contributed by atoms with Crippen LogP contribution in [0.25, 0.3) is 10.9 Å². The summed E-state index contributed by atoms with van der Waals surface area (Å²) in [5, 5.41) is 3.44. The number of halogens is 1. The first-order chi connectivity index (χ1) is 11.5. The molecule has 0 aliphatic heterocycles. The second kappa shape index (κ2) is 6.67. The first-order valence-corrected chi connectivity index (χ1v) is 7.55. The monoisotopic (exact) mass is 344 g/mol. The van der Waals surface area contributed by atoms with E-state index in [0.29, 0.717) is 21.7 Å². The van der Waals surface area contributed by atoms with Crippen LogP contribution in [0.15, 0.2) is 52.2 Å². The summed E-state index contributed by atoms with van der Waals surface area (Å²) in [6, 6.07) is 9.89. The molecule has 0 fully saturated rings. The summed E-state index contributed by atoms with van der Waals surface area (Å²) in [5.41, 5.74) is -0.499. The number of carbonyl (C=O) groups excluding carboxylic acids is 1. The Balaban J connectivity index is 1.76. The van der Waals surface area contributed by atoms with E-state index in [-0.39, 0.29) is 18.9 Å². The zero-order chi connectivity index (χ0) is 17.1. The summed E-state index contributed by atoms with van der Waals surface area (Å²) in [6.07, 6.45) is 1.38. The number of aromatic nitrogens is 3. The fourth-order valence-corrected chi connectivity index (χ4v) is 2.38. The van der Waals surface area contributed by atoms with Crippen LogP contribution in [-0.2, 0) is 11.3 Å². The van der Waals surface area contributed by atoms with Crippen molar-refractivity contribution >= 4 is 34.2 Å². The molecule has 0 radical (unpaired) electrons. The number of para-hydroxylation sites is 1. The number of amides is 1. The van der Waals surface area contributed by atoms with Crippen molar-refractivity contribution in [2.24, 2.45) is 0 Å². The van der Waals surface area contributed by atoms with Crippen molar-refractivity contribution in [3.63, 3.8) is 0 Å². The molecular weight excluding hydrogens is 332 g/mol. The van der Waals surface area contributed by atoms with E-state index in [9.17, 15) is 14.4 Å². The summed E-state index contributed by atoms with van der Waals surface area (Å²) in [6.45, 7) is -0.0293. The van der Waals surface area contributed by atoms with Crippen molar-refractivity contribution in [2.75, 3.05) is 5.32 Å². The Labute approximate surface area is 140 Å². The van der Waals surface area contributed by atoms with Gasteiger partial charge in [-0.05, 0) is 24.3 Å². The maximum absolute atomic E-state index is 12.3. The molecule has 0 spiro atoms. The summed E-state index contributed by atoms with van der Waals surface area (Å²) in [4.78, 5) is 42.9. The Bertz CT molecular complexity index is 1010. The molecule has 122 valence electrons. The molecule has 0 bridgehead atoms. The highest BCUT2D eigenvalue weighted by molar-refractivity contribution is 6.30. The van der Waals surface area contributed by atoms with Crippen LogP contribution in [-0.4, -0.2) is 20.4 Å². The van der Waals surface area contributed by atoms with Crippen molar-refractivity contribution in [3.05, 3.63) is 68.5 Å². The number of aromatic amines is 1. The van der Waals surface area contributed by atoms with E-state index >= 15 is 0 Å². The molecule has 1 aromatic carbocycles. The molecule has 0 atom stereocenters. The molecule has 2 heterocycles. The van der Waals surface area contributed by atoms with Gasteiger partial charge in [-0.3, -0.25) is 14.2 Å². The number of nitrogens with one attached hydrogen (secondary N) is 2. The van der Waals surface area contributed by atoms with Crippen LogP contribution >= 0.6 is 11.6 Å². The van der Waals surface area contributed by atoms with Crippen molar-refractivity contribution in [2.45, 2.75) is 13.0 Å². The number of anilines is 1. The van der Waals surface area contributed by atoms with Crippen molar-refractivity contribution in [3.8, 4) is 0 Å². The largest absolute Gasteiger partial charge is 0.328 e. The number of fused-ring (bicyclic) bond motifs is 1. The highest BCUT2D eigenvalue weighted by atomic mass is 35.5. The zero-order valence-corrected chi connectivity index (χ0v) is 13.2. The lowest BCUT2D eigenvalue weighted by Crippen LogP contribution is -2.36. The minimum absolute atomic E-state index is 0.0293. The van der Waals surface area contributed by atoms with Gasteiger partial charge in [0.1, 0.15) is 5.82 Å². The van der Waals surface area contributed by atoms with Crippen LogP contribution in [0.2, 0.25) is 5.02 Å².